The van der Waals surface area contributed by atoms with Crippen molar-refractivity contribution in [2.24, 2.45) is 0 Å². The number of nitrogens with zero attached hydrogens (tertiary/aromatic N) is 2. The average Bonchev–Trinajstić information content (AvgIpc) is 3.03. The summed E-state index contributed by atoms with van der Waals surface area (Å²) in [5, 5.41) is 1.00. The zero-order valence-electron chi connectivity index (χ0n) is 15.4. The van der Waals surface area contributed by atoms with Crippen molar-refractivity contribution in [3.05, 3.63) is 73.4 Å². The molecule has 0 saturated heterocycles. The number of pyridine rings is 1. The van der Waals surface area contributed by atoms with Crippen LogP contribution in [0, 0.1) is 12.7 Å². The number of H-pyrrole nitrogens is 3. The van der Waals surface area contributed by atoms with Crippen LogP contribution in [-0.4, -0.2) is 37.3 Å². The van der Waals surface area contributed by atoms with Gasteiger partial charge < -0.3 is 9.88 Å². The molecule has 0 spiro atoms. The number of aromatic amines is 3. The maximum Gasteiger partial charge on any atom is 0.327 e. The van der Waals surface area contributed by atoms with Crippen molar-refractivity contribution < 1.29 is 9.18 Å². The Morgan fingerprint density at radius 2 is 2.00 bits per heavy atom. The van der Waals surface area contributed by atoms with Gasteiger partial charge in [0.05, 0.1) is 5.39 Å². The van der Waals surface area contributed by atoms with Crippen LogP contribution in [0.15, 0.2) is 33.9 Å². The first-order valence-electron chi connectivity index (χ1n) is 9.13. The topological polar surface area (TPSA) is 115 Å². The SMILES string of the molecule is Cc1cc(C(=O)N2CCc3[nH]c4ccc(F)cc4c3C2)nc2[nH]c(=O)[nH]c(=O)c12. The molecule has 1 aliphatic rings. The summed E-state index contributed by atoms with van der Waals surface area (Å²) in [5.74, 6) is -0.642. The highest BCUT2D eigenvalue weighted by molar-refractivity contribution is 5.96. The monoisotopic (exact) mass is 393 g/mol. The van der Waals surface area contributed by atoms with Gasteiger partial charge in [-0.05, 0) is 36.8 Å². The van der Waals surface area contributed by atoms with Gasteiger partial charge >= 0.3 is 5.69 Å². The molecule has 4 aromatic rings. The molecule has 8 nitrogen and oxygen atoms in total. The number of aryl methyl sites for hydroxylation is 1. The Hall–Kier alpha value is -3.75. The van der Waals surface area contributed by atoms with Crippen molar-refractivity contribution in [3.63, 3.8) is 0 Å². The molecule has 9 heteroatoms. The first-order valence-corrected chi connectivity index (χ1v) is 9.13. The van der Waals surface area contributed by atoms with Gasteiger partial charge in [0.2, 0.25) is 0 Å². The summed E-state index contributed by atoms with van der Waals surface area (Å²) in [6, 6.07) is 6.10. The fourth-order valence-electron chi connectivity index (χ4n) is 3.99. The Kier molecular flexibility index (Phi) is 3.67. The van der Waals surface area contributed by atoms with E-state index in [-0.39, 0.29) is 28.5 Å². The number of nitrogens with one attached hydrogen (secondary N) is 3. The number of amides is 1. The smallest absolute Gasteiger partial charge is 0.327 e. The minimum absolute atomic E-state index is 0.0777. The molecule has 3 aromatic heterocycles. The third-order valence-corrected chi connectivity index (χ3v) is 5.35. The summed E-state index contributed by atoms with van der Waals surface area (Å²) in [6.07, 6.45) is 0.612. The Morgan fingerprint density at radius 3 is 2.83 bits per heavy atom. The van der Waals surface area contributed by atoms with E-state index in [0.717, 1.165) is 22.2 Å². The number of carbonyl (C=O) groups excluding carboxylic acids is 1. The Balaban J connectivity index is 1.55. The van der Waals surface area contributed by atoms with Gasteiger partial charge in [0.15, 0.2) is 0 Å². The zero-order valence-corrected chi connectivity index (χ0v) is 15.4. The lowest BCUT2D eigenvalue weighted by Crippen LogP contribution is -2.36. The molecule has 5 rings (SSSR count). The second-order valence-electron chi connectivity index (χ2n) is 7.20. The van der Waals surface area contributed by atoms with Crippen LogP contribution in [0.25, 0.3) is 21.9 Å². The predicted molar refractivity (Wildman–Crippen MR) is 104 cm³/mol. The zero-order chi connectivity index (χ0) is 20.3. The molecule has 29 heavy (non-hydrogen) atoms. The number of fused-ring (bicyclic) bond motifs is 4. The highest BCUT2D eigenvalue weighted by Crippen LogP contribution is 2.29. The Bertz CT molecular complexity index is 1430. The van der Waals surface area contributed by atoms with Crippen molar-refractivity contribution >= 4 is 27.8 Å². The molecular formula is C20H16FN5O3. The van der Waals surface area contributed by atoms with Crippen molar-refractivity contribution in [2.45, 2.75) is 19.9 Å². The first-order chi connectivity index (χ1) is 13.9. The lowest BCUT2D eigenvalue weighted by atomic mass is 10.0. The molecule has 3 N–H and O–H groups in total. The van der Waals surface area contributed by atoms with E-state index in [1.807, 2.05) is 0 Å². The van der Waals surface area contributed by atoms with Crippen LogP contribution in [0.4, 0.5) is 4.39 Å². The molecule has 4 heterocycles. The Labute approximate surface area is 162 Å². The molecule has 146 valence electrons. The number of rotatable bonds is 1. The third kappa shape index (κ3) is 2.74. The van der Waals surface area contributed by atoms with Crippen molar-refractivity contribution in [2.75, 3.05) is 6.54 Å². The van der Waals surface area contributed by atoms with E-state index < -0.39 is 11.2 Å². The highest BCUT2D eigenvalue weighted by atomic mass is 19.1. The molecular weight excluding hydrogens is 377 g/mol. The second-order valence-corrected chi connectivity index (χ2v) is 7.20. The molecule has 1 aliphatic heterocycles. The van der Waals surface area contributed by atoms with Crippen LogP contribution < -0.4 is 11.2 Å². The van der Waals surface area contributed by atoms with E-state index in [1.54, 1.807) is 24.0 Å². The molecule has 0 bridgehead atoms. The van der Waals surface area contributed by atoms with E-state index in [2.05, 4.69) is 19.9 Å². The molecule has 0 radical (unpaired) electrons. The summed E-state index contributed by atoms with van der Waals surface area (Å²) in [5.41, 5.74) is 2.26. The number of benzene rings is 1. The van der Waals surface area contributed by atoms with Crippen LogP contribution in [0.5, 0.6) is 0 Å². The molecule has 1 amide bonds. The summed E-state index contributed by atoms with van der Waals surface area (Å²) in [4.78, 5) is 50.5. The lowest BCUT2D eigenvalue weighted by Gasteiger charge is -2.27. The quantitative estimate of drug-likeness (QED) is 0.457. The van der Waals surface area contributed by atoms with Gasteiger partial charge in [-0.15, -0.1) is 0 Å². The molecule has 0 fully saturated rings. The molecule has 0 aliphatic carbocycles. The molecule has 0 atom stereocenters. The summed E-state index contributed by atoms with van der Waals surface area (Å²) >= 11 is 0. The van der Waals surface area contributed by atoms with Crippen molar-refractivity contribution in [1.82, 2.24) is 24.8 Å². The van der Waals surface area contributed by atoms with Crippen molar-refractivity contribution in [1.29, 1.82) is 0 Å². The van der Waals surface area contributed by atoms with Gasteiger partial charge in [0.1, 0.15) is 17.2 Å². The van der Waals surface area contributed by atoms with Crippen LogP contribution in [0.1, 0.15) is 27.3 Å². The van der Waals surface area contributed by atoms with Crippen LogP contribution >= 0.6 is 0 Å². The molecule has 0 saturated carbocycles. The molecule has 0 unspecified atom stereocenters. The Morgan fingerprint density at radius 1 is 1.17 bits per heavy atom. The van der Waals surface area contributed by atoms with Crippen molar-refractivity contribution in [3.8, 4) is 0 Å². The summed E-state index contributed by atoms with van der Waals surface area (Å²) in [6.45, 7) is 2.49. The van der Waals surface area contributed by atoms with E-state index in [0.29, 0.717) is 25.1 Å². The van der Waals surface area contributed by atoms with E-state index in [1.165, 1.54) is 12.1 Å². The maximum absolute atomic E-state index is 13.7. The summed E-state index contributed by atoms with van der Waals surface area (Å²) in [7, 11) is 0. The van der Waals surface area contributed by atoms with Gasteiger partial charge in [-0.2, -0.15) is 0 Å². The van der Waals surface area contributed by atoms with E-state index >= 15 is 0 Å². The highest BCUT2D eigenvalue weighted by Gasteiger charge is 2.26. The predicted octanol–water partition coefficient (Wildman–Crippen LogP) is 1.74. The number of carbonyl (C=O) groups is 1. The van der Waals surface area contributed by atoms with Gasteiger partial charge in [-0.3, -0.25) is 19.6 Å². The minimum Gasteiger partial charge on any atom is -0.358 e. The first kappa shape index (κ1) is 17.4. The number of hydrogen-bond acceptors (Lipinski definition) is 4. The lowest BCUT2D eigenvalue weighted by molar-refractivity contribution is 0.0729. The van der Waals surface area contributed by atoms with Crippen LogP contribution in [0.3, 0.4) is 0 Å². The fourth-order valence-corrected chi connectivity index (χ4v) is 3.99. The van der Waals surface area contributed by atoms with E-state index in [4.69, 9.17) is 0 Å². The fraction of sp³-hybridized carbons (Fsp3) is 0.200. The number of halogens is 1. The summed E-state index contributed by atoms with van der Waals surface area (Å²) < 4.78 is 13.7. The minimum atomic E-state index is -0.678. The van der Waals surface area contributed by atoms with Gasteiger partial charge in [0.25, 0.3) is 11.5 Å². The third-order valence-electron chi connectivity index (χ3n) is 5.35. The van der Waals surface area contributed by atoms with Crippen LogP contribution in [0.2, 0.25) is 0 Å². The number of hydrogen-bond donors (Lipinski definition) is 3. The van der Waals surface area contributed by atoms with E-state index in [9.17, 15) is 18.8 Å². The molecule has 1 aromatic carbocycles. The second kappa shape index (κ2) is 6.13. The van der Waals surface area contributed by atoms with Gasteiger partial charge in [-0.1, -0.05) is 0 Å². The largest absolute Gasteiger partial charge is 0.358 e. The van der Waals surface area contributed by atoms with Gasteiger partial charge in [0, 0.05) is 41.7 Å². The van der Waals surface area contributed by atoms with Gasteiger partial charge in [-0.25, -0.2) is 14.2 Å². The number of aromatic nitrogens is 4. The average molecular weight is 393 g/mol. The van der Waals surface area contributed by atoms with Crippen LogP contribution in [-0.2, 0) is 13.0 Å². The maximum atomic E-state index is 13.7. The standard InChI is InChI=1S/C20H16FN5O3/c1-9-6-15(23-17-16(9)18(27)25-20(29)24-17)19(28)26-5-4-14-12(8-26)11-7-10(21)2-3-13(11)22-14/h2-3,6-7,22H,4-5,8H2,1H3,(H2,23,24,25,27,29). The normalized spacial score (nSPS) is 13.8.